The van der Waals surface area contributed by atoms with Crippen molar-refractivity contribution in [2.45, 2.75) is 131 Å². The van der Waals surface area contributed by atoms with E-state index in [1.165, 1.54) is 11.6 Å². The van der Waals surface area contributed by atoms with E-state index in [2.05, 4.69) is 32.9 Å². The molecule has 8 heteroatoms. The molecule has 1 fully saturated rings. The van der Waals surface area contributed by atoms with Gasteiger partial charge < -0.3 is 24.1 Å². The van der Waals surface area contributed by atoms with E-state index in [0.29, 0.717) is 5.92 Å². The van der Waals surface area contributed by atoms with Gasteiger partial charge in [-0.15, -0.1) is 0 Å². The molecule has 1 aliphatic rings. The zero-order valence-corrected chi connectivity index (χ0v) is 31.6. The number of esters is 3. The zero-order chi connectivity index (χ0) is 37.1. The molecule has 0 heterocycles. The summed E-state index contributed by atoms with van der Waals surface area (Å²) in [6.45, 7) is 17.0. The van der Waals surface area contributed by atoms with E-state index in [0.717, 1.165) is 24.8 Å². The maximum absolute atomic E-state index is 13.5. The van der Waals surface area contributed by atoms with Crippen molar-refractivity contribution in [1.82, 2.24) is 0 Å². The summed E-state index contributed by atoms with van der Waals surface area (Å²) in [6, 6.07) is 20.0. The molecule has 3 rings (SSSR count). The summed E-state index contributed by atoms with van der Waals surface area (Å²) in [5.41, 5.74) is 0.386. The lowest BCUT2D eigenvalue weighted by molar-refractivity contribution is -0.164. The Morgan fingerprint density at radius 2 is 1.38 bits per heavy atom. The van der Waals surface area contributed by atoms with Crippen LogP contribution in [0.2, 0.25) is 0 Å². The first-order chi connectivity index (χ1) is 23.4. The predicted octanol–water partition coefficient (Wildman–Crippen LogP) is 8.14. The molecule has 0 aliphatic heterocycles. The molecule has 1 aliphatic carbocycles. The molecule has 1 N–H and O–H groups in total. The van der Waals surface area contributed by atoms with Gasteiger partial charge in [-0.3, -0.25) is 9.59 Å². The van der Waals surface area contributed by atoms with Crippen molar-refractivity contribution in [1.29, 1.82) is 0 Å². The van der Waals surface area contributed by atoms with Gasteiger partial charge in [0.15, 0.2) is 0 Å². The van der Waals surface area contributed by atoms with Gasteiger partial charge in [-0.05, 0) is 82.9 Å². The van der Waals surface area contributed by atoms with E-state index in [4.69, 9.17) is 18.9 Å². The van der Waals surface area contributed by atoms with Crippen LogP contribution in [0, 0.1) is 22.7 Å². The van der Waals surface area contributed by atoms with Gasteiger partial charge in [0.25, 0.3) is 0 Å². The number of hydrogen-bond donors (Lipinski definition) is 1. The Morgan fingerprint density at radius 1 is 0.800 bits per heavy atom. The Balaban J connectivity index is 1.84. The summed E-state index contributed by atoms with van der Waals surface area (Å²) >= 11 is 0. The summed E-state index contributed by atoms with van der Waals surface area (Å²) in [4.78, 5) is 39.3. The average molecular weight is 693 g/mol. The van der Waals surface area contributed by atoms with Crippen molar-refractivity contribution in [3.05, 3.63) is 83.9 Å². The third-order valence-electron chi connectivity index (χ3n) is 9.52. The third-order valence-corrected chi connectivity index (χ3v) is 9.52. The fourth-order valence-electron chi connectivity index (χ4n) is 6.28. The number of ether oxygens (including phenoxy) is 4. The van der Waals surface area contributed by atoms with Gasteiger partial charge in [-0.1, -0.05) is 87.9 Å². The van der Waals surface area contributed by atoms with E-state index in [1.807, 2.05) is 48.5 Å². The third kappa shape index (κ3) is 12.7. The van der Waals surface area contributed by atoms with Gasteiger partial charge in [-0.25, -0.2) is 4.79 Å². The Morgan fingerprint density at radius 3 is 1.96 bits per heavy atom. The number of aliphatic hydroxyl groups is 1. The first kappa shape index (κ1) is 40.9. The van der Waals surface area contributed by atoms with Crippen molar-refractivity contribution < 1.29 is 38.4 Å². The minimum atomic E-state index is -0.852. The molecule has 6 atom stereocenters. The van der Waals surface area contributed by atoms with E-state index >= 15 is 0 Å². The molecule has 2 aromatic rings. The normalized spacial score (nSPS) is 20.5. The number of hydrogen-bond acceptors (Lipinski definition) is 8. The van der Waals surface area contributed by atoms with Gasteiger partial charge in [0.1, 0.15) is 18.3 Å². The van der Waals surface area contributed by atoms with Gasteiger partial charge in [0, 0.05) is 24.8 Å². The molecule has 2 aromatic carbocycles. The number of carbonyl (C=O) groups excluding carboxylic acids is 3. The predicted molar refractivity (Wildman–Crippen MR) is 195 cm³/mol. The highest BCUT2D eigenvalue weighted by Crippen LogP contribution is 2.43. The maximum atomic E-state index is 13.5. The van der Waals surface area contributed by atoms with Gasteiger partial charge >= 0.3 is 17.9 Å². The highest BCUT2D eigenvalue weighted by atomic mass is 16.6. The molecular weight excluding hydrogens is 632 g/mol. The highest BCUT2D eigenvalue weighted by Gasteiger charge is 2.42. The van der Waals surface area contributed by atoms with Crippen LogP contribution in [0.15, 0.2) is 72.8 Å². The van der Waals surface area contributed by atoms with Crippen molar-refractivity contribution in [3.63, 3.8) is 0 Å². The van der Waals surface area contributed by atoms with Crippen molar-refractivity contribution >= 4 is 17.9 Å². The SMILES string of the molecule is C[C@@H]1CC[C@@H](C(C)(C)c2ccccc2)[C@H](OC(=O)/C=C\[C@H](C[C@@H](C[C@H](CO)OC(=O)C(C)(C)C)OCc2ccccc2)OC(=O)C(C)(C)C)C1. The minimum Gasteiger partial charge on any atom is -0.459 e. The Labute approximate surface area is 299 Å². The number of carbonyl (C=O) groups is 3. The molecule has 0 radical (unpaired) electrons. The zero-order valence-electron chi connectivity index (χ0n) is 31.6. The fourth-order valence-corrected chi connectivity index (χ4v) is 6.28. The quantitative estimate of drug-likeness (QED) is 0.113. The molecule has 0 spiro atoms. The van der Waals surface area contributed by atoms with Crippen LogP contribution in [-0.4, -0.2) is 54.0 Å². The standard InChI is InChI=1S/C42H60O8/c1-29-20-22-35(42(8,9)31-18-14-11-15-19-31)36(24-29)50-37(44)23-21-32(48-38(45)40(2,3)4)25-33(47-28-30-16-12-10-13-17-30)26-34(27-43)49-39(46)41(5,6)7/h10-19,21,23,29,32-36,43H,20,22,24-28H2,1-9H3/b23-21-/t29-,32-,33+,34-,35-,36-/m1/s1. The molecule has 0 bridgehead atoms. The van der Waals surface area contributed by atoms with Crippen molar-refractivity contribution in [2.75, 3.05) is 6.61 Å². The smallest absolute Gasteiger partial charge is 0.330 e. The van der Waals surface area contributed by atoms with E-state index in [-0.39, 0.29) is 36.9 Å². The number of aliphatic hydroxyl groups excluding tert-OH is 1. The van der Waals surface area contributed by atoms with E-state index in [9.17, 15) is 19.5 Å². The summed E-state index contributed by atoms with van der Waals surface area (Å²) < 4.78 is 24.1. The summed E-state index contributed by atoms with van der Waals surface area (Å²) in [5, 5.41) is 10.2. The summed E-state index contributed by atoms with van der Waals surface area (Å²) in [7, 11) is 0. The van der Waals surface area contributed by atoms with Crippen LogP contribution >= 0.6 is 0 Å². The number of rotatable bonds is 15. The van der Waals surface area contributed by atoms with E-state index < -0.39 is 53.7 Å². The first-order valence-corrected chi connectivity index (χ1v) is 18.0. The average Bonchev–Trinajstić information content (AvgIpc) is 3.05. The van der Waals surface area contributed by atoms with Crippen LogP contribution in [0.25, 0.3) is 0 Å². The lowest BCUT2D eigenvalue weighted by Gasteiger charge is -2.43. The maximum Gasteiger partial charge on any atom is 0.330 e. The lowest BCUT2D eigenvalue weighted by Crippen LogP contribution is -2.43. The van der Waals surface area contributed by atoms with Crippen LogP contribution in [0.1, 0.15) is 106 Å². The van der Waals surface area contributed by atoms with Crippen molar-refractivity contribution in [3.8, 4) is 0 Å². The van der Waals surface area contributed by atoms with Gasteiger partial charge in [0.05, 0.1) is 30.1 Å². The Kier molecular flexibility index (Phi) is 14.8. The Bertz CT molecular complexity index is 1390. The largest absolute Gasteiger partial charge is 0.459 e. The summed E-state index contributed by atoms with van der Waals surface area (Å²) in [6.07, 6.45) is 3.45. The van der Waals surface area contributed by atoms with E-state index in [1.54, 1.807) is 47.6 Å². The second kappa shape index (κ2) is 18.1. The lowest BCUT2D eigenvalue weighted by atomic mass is 9.64. The molecule has 50 heavy (non-hydrogen) atoms. The Hall–Kier alpha value is -3.49. The molecule has 0 unspecified atom stereocenters. The van der Waals surface area contributed by atoms with Crippen LogP contribution in [-0.2, 0) is 45.4 Å². The van der Waals surface area contributed by atoms with Gasteiger partial charge in [0.2, 0.25) is 0 Å². The molecule has 0 aromatic heterocycles. The summed E-state index contributed by atoms with van der Waals surface area (Å²) in [5.74, 6) is -0.818. The van der Waals surface area contributed by atoms with Crippen LogP contribution in [0.4, 0.5) is 0 Å². The topological polar surface area (TPSA) is 108 Å². The monoisotopic (exact) mass is 692 g/mol. The first-order valence-electron chi connectivity index (χ1n) is 18.0. The molecule has 276 valence electrons. The van der Waals surface area contributed by atoms with Crippen LogP contribution < -0.4 is 0 Å². The molecule has 8 nitrogen and oxygen atoms in total. The fraction of sp³-hybridized carbons (Fsp3) is 0.595. The number of benzene rings is 2. The van der Waals surface area contributed by atoms with Crippen molar-refractivity contribution in [2.24, 2.45) is 22.7 Å². The second-order valence-electron chi connectivity index (χ2n) is 16.5. The van der Waals surface area contributed by atoms with Crippen LogP contribution in [0.5, 0.6) is 0 Å². The second-order valence-corrected chi connectivity index (χ2v) is 16.5. The highest BCUT2D eigenvalue weighted by molar-refractivity contribution is 5.82. The molecule has 0 amide bonds. The molecular formula is C42H60O8. The molecule has 0 saturated heterocycles. The molecule has 1 saturated carbocycles. The van der Waals surface area contributed by atoms with Gasteiger partial charge in [-0.2, -0.15) is 0 Å². The minimum absolute atomic E-state index is 0.134. The van der Waals surface area contributed by atoms with Crippen LogP contribution in [0.3, 0.4) is 0 Å².